The summed E-state index contributed by atoms with van der Waals surface area (Å²) in [4.78, 5) is 12.0. The molecule has 0 aliphatic heterocycles. The van der Waals surface area contributed by atoms with Gasteiger partial charge >= 0.3 is 0 Å². The first-order valence-corrected chi connectivity index (χ1v) is 9.21. The number of hydrazone groups is 1. The van der Waals surface area contributed by atoms with Crippen LogP contribution < -0.4 is 14.9 Å². The lowest BCUT2D eigenvalue weighted by molar-refractivity contribution is 0.0954. The van der Waals surface area contributed by atoms with Crippen LogP contribution in [-0.2, 0) is 6.61 Å². The zero-order valence-corrected chi connectivity index (χ0v) is 16.0. The van der Waals surface area contributed by atoms with Gasteiger partial charge in [-0.3, -0.25) is 4.79 Å². The van der Waals surface area contributed by atoms with E-state index in [4.69, 9.17) is 9.47 Å². The SMILES string of the molecule is CCOc1cc(/C=N\NC(=O)c2cccc(O)c2)ccc1OCc1ccccc1. The molecule has 0 heterocycles. The number of carbonyl (C=O) groups is 1. The van der Waals surface area contributed by atoms with Gasteiger partial charge in [0.25, 0.3) is 5.91 Å². The highest BCUT2D eigenvalue weighted by Gasteiger charge is 2.07. The maximum atomic E-state index is 12.0. The second-order valence-electron chi connectivity index (χ2n) is 6.16. The van der Waals surface area contributed by atoms with Crippen molar-refractivity contribution >= 4 is 12.1 Å². The van der Waals surface area contributed by atoms with Crippen molar-refractivity contribution < 1.29 is 19.4 Å². The molecule has 0 aromatic heterocycles. The van der Waals surface area contributed by atoms with Gasteiger partial charge in [0.15, 0.2) is 11.5 Å². The molecule has 3 aromatic rings. The number of hydrogen-bond donors (Lipinski definition) is 2. The molecule has 3 rings (SSSR count). The number of nitrogens with zero attached hydrogens (tertiary/aromatic N) is 1. The first kappa shape index (κ1) is 19.9. The lowest BCUT2D eigenvalue weighted by Crippen LogP contribution is -2.17. The summed E-state index contributed by atoms with van der Waals surface area (Å²) < 4.78 is 11.6. The summed E-state index contributed by atoms with van der Waals surface area (Å²) in [5.74, 6) is 0.849. The molecule has 1 amide bonds. The number of nitrogens with one attached hydrogen (secondary N) is 1. The molecule has 0 aliphatic carbocycles. The highest BCUT2D eigenvalue weighted by Crippen LogP contribution is 2.28. The van der Waals surface area contributed by atoms with E-state index in [1.165, 1.54) is 18.3 Å². The van der Waals surface area contributed by atoms with Gasteiger partial charge in [-0.2, -0.15) is 5.10 Å². The smallest absolute Gasteiger partial charge is 0.271 e. The molecule has 0 aliphatic rings. The van der Waals surface area contributed by atoms with Crippen LogP contribution in [0.5, 0.6) is 17.2 Å². The molecule has 3 aromatic carbocycles. The fourth-order valence-electron chi connectivity index (χ4n) is 2.60. The average Bonchev–Trinajstić information content (AvgIpc) is 2.74. The molecule has 0 bridgehead atoms. The number of phenols is 1. The fraction of sp³-hybridized carbons (Fsp3) is 0.130. The van der Waals surface area contributed by atoms with E-state index in [9.17, 15) is 9.90 Å². The molecule has 148 valence electrons. The van der Waals surface area contributed by atoms with Crippen molar-refractivity contribution in [1.29, 1.82) is 0 Å². The van der Waals surface area contributed by atoms with E-state index in [2.05, 4.69) is 10.5 Å². The Hall–Kier alpha value is -3.80. The quantitative estimate of drug-likeness (QED) is 0.448. The van der Waals surface area contributed by atoms with Gasteiger partial charge in [0.2, 0.25) is 0 Å². The number of hydrogen-bond acceptors (Lipinski definition) is 5. The number of ether oxygens (including phenoxy) is 2. The predicted molar refractivity (Wildman–Crippen MR) is 112 cm³/mol. The average molecular weight is 390 g/mol. The highest BCUT2D eigenvalue weighted by atomic mass is 16.5. The Morgan fingerprint density at radius 3 is 2.59 bits per heavy atom. The first-order chi connectivity index (χ1) is 14.2. The topological polar surface area (TPSA) is 80.2 Å². The van der Waals surface area contributed by atoms with Gasteiger partial charge in [-0.05, 0) is 54.4 Å². The third kappa shape index (κ3) is 5.84. The summed E-state index contributed by atoms with van der Waals surface area (Å²) in [6.45, 7) is 2.84. The molecule has 6 nitrogen and oxygen atoms in total. The van der Waals surface area contributed by atoms with Gasteiger partial charge in [0, 0.05) is 5.56 Å². The minimum absolute atomic E-state index is 0.0223. The second-order valence-corrected chi connectivity index (χ2v) is 6.16. The van der Waals surface area contributed by atoms with Crippen molar-refractivity contribution in [3.8, 4) is 17.2 Å². The Morgan fingerprint density at radius 2 is 1.83 bits per heavy atom. The van der Waals surface area contributed by atoms with Crippen LogP contribution in [0.3, 0.4) is 0 Å². The van der Waals surface area contributed by atoms with Crippen LogP contribution >= 0.6 is 0 Å². The fourth-order valence-corrected chi connectivity index (χ4v) is 2.60. The maximum Gasteiger partial charge on any atom is 0.271 e. The van der Waals surface area contributed by atoms with E-state index in [1.54, 1.807) is 18.2 Å². The molecule has 0 saturated carbocycles. The van der Waals surface area contributed by atoms with Crippen LogP contribution in [0.2, 0.25) is 0 Å². The zero-order valence-electron chi connectivity index (χ0n) is 16.0. The molecule has 0 spiro atoms. The molecular formula is C23H22N2O4. The summed E-state index contributed by atoms with van der Waals surface area (Å²) in [6.07, 6.45) is 1.52. The van der Waals surface area contributed by atoms with E-state index >= 15 is 0 Å². The number of benzene rings is 3. The summed E-state index contributed by atoms with van der Waals surface area (Å²) in [7, 11) is 0. The van der Waals surface area contributed by atoms with Crippen molar-refractivity contribution in [2.75, 3.05) is 6.61 Å². The molecule has 0 fully saturated rings. The van der Waals surface area contributed by atoms with Gasteiger partial charge in [-0.15, -0.1) is 0 Å². The third-order valence-electron chi connectivity index (χ3n) is 3.99. The summed E-state index contributed by atoms with van der Waals surface area (Å²) in [5, 5.41) is 13.4. The summed E-state index contributed by atoms with van der Waals surface area (Å²) in [6, 6.07) is 21.4. The van der Waals surface area contributed by atoms with Crippen LogP contribution in [0.25, 0.3) is 0 Å². The van der Waals surface area contributed by atoms with Crippen molar-refractivity contribution in [3.05, 3.63) is 89.5 Å². The Bertz CT molecular complexity index is 987. The Balaban J connectivity index is 1.65. The Kier molecular flexibility index (Phi) is 6.84. The number of carbonyl (C=O) groups excluding carboxylic acids is 1. The third-order valence-corrected chi connectivity index (χ3v) is 3.99. The molecular weight excluding hydrogens is 368 g/mol. The van der Waals surface area contributed by atoms with Gasteiger partial charge in [0.1, 0.15) is 12.4 Å². The molecule has 6 heteroatoms. The van der Waals surface area contributed by atoms with Crippen molar-refractivity contribution in [1.82, 2.24) is 5.43 Å². The number of rotatable bonds is 8. The molecule has 0 saturated heterocycles. The highest BCUT2D eigenvalue weighted by molar-refractivity contribution is 5.95. The monoisotopic (exact) mass is 390 g/mol. The van der Waals surface area contributed by atoms with E-state index in [0.717, 1.165) is 11.1 Å². The molecule has 0 radical (unpaired) electrons. The molecule has 29 heavy (non-hydrogen) atoms. The van der Waals surface area contributed by atoms with Gasteiger partial charge < -0.3 is 14.6 Å². The molecule has 0 atom stereocenters. The van der Waals surface area contributed by atoms with Crippen LogP contribution in [0.15, 0.2) is 77.9 Å². The summed E-state index contributed by atoms with van der Waals surface area (Å²) >= 11 is 0. The van der Waals surface area contributed by atoms with Crippen LogP contribution in [0, 0.1) is 0 Å². The van der Waals surface area contributed by atoms with E-state index in [-0.39, 0.29) is 5.75 Å². The van der Waals surface area contributed by atoms with E-state index < -0.39 is 5.91 Å². The lowest BCUT2D eigenvalue weighted by Gasteiger charge is -2.12. The van der Waals surface area contributed by atoms with Crippen molar-refractivity contribution in [2.45, 2.75) is 13.5 Å². The minimum Gasteiger partial charge on any atom is -0.508 e. The number of amides is 1. The normalized spacial score (nSPS) is 10.7. The van der Waals surface area contributed by atoms with Gasteiger partial charge in [-0.1, -0.05) is 36.4 Å². The van der Waals surface area contributed by atoms with Crippen molar-refractivity contribution in [3.63, 3.8) is 0 Å². The minimum atomic E-state index is -0.412. The second kappa shape index (κ2) is 9.94. The Labute approximate surface area is 169 Å². The van der Waals surface area contributed by atoms with Gasteiger partial charge in [0.05, 0.1) is 12.8 Å². The van der Waals surface area contributed by atoms with Crippen molar-refractivity contribution in [2.24, 2.45) is 5.10 Å². The maximum absolute atomic E-state index is 12.0. The molecule has 0 unspecified atom stereocenters. The van der Waals surface area contributed by atoms with Crippen LogP contribution in [0.1, 0.15) is 28.4 Å². The number of aromatic hydroxyl groups is 1. The Morgan fingerprint density at radius 1 is 1.00 bits per heavy atom. The lowest BCUT2D eigenvalue weighted by atomic mass is 10.2. The van der Waals surface area contributed by atoms with Crippen LogP contribution in [0.4, 0.5) is 0 Å². The van der Waals surface area contributed by atoms with Crippen LogP contribution in [-0.4, -0.2) is 23.8 Å². The zero-order chi connectivity index (χ0) is 20.5. The van der Waals surface area contributed by atoms with E-state index in [0.29, 0.717) is 30.3 Å². The largest absolute Gasteiger partial charge is 0.508 e. The standard InChI is InChI=1S/C23H22N2O4/c1-2-28-22-13-18(11-12-21(22)29-16-17-7-4-3-5-8-17)15-24-25-23(27)19-9-6-10-20(26)14-19/h3-15,26H,2,16H2,1H3,(H,25,27)/b24-15-. The summed E-state index contributed by atoms with van der Waals surface area (Å²) in [5.41, 5.74) is 4.57. The predicted octanol–water partition coefficient (Wildman–Crippen LogP) is 4.13. The number of phenolic OH excluding ortho intramolecular Hbond substituents is 1. The molecule has 2 N–H and O–H groups in total. The first-order valence-electron chi connectivity index (χ1n) is 9.21. The van der Waals surface area contributed by atoms with Gasteiger partial charge in [-0.25, -0.2) is 5.43 Å². The van der Waals surface area contributed by atoms with E-state index in [1.807, 2.05) is 49.4 Å².